The highest BCUT2D eigenvalue weighted by molar-refractivity contribution is 7.57. The average molecular weight is 340 g/mol. The minimum atomic E-state index is -3.09. The van der Waals surface area contributed by atoms with E-state index in [1.807, 2.05) is 26.8 Å². The van der Waals surface area contributed by atoms with Crippen molar-refractivity contribution in [3.63, 3.8) is 0 Å². The topological polar surface area (TPSA) is 35.5 Å². The summed E-state index contributed by atoms with van der Waals surface area (Å²) < 4.78 is 22.8. The van der Waals surface area contributed by atoms with Crippen molar-refractivity contribution < 1.29 is 13.6 Å². The Hall–Kier alpha value is -0.890. The molecule has 0 aliphatic heterocycles. The van der Waals surface area contributed by atoms with Crippen LogP contribution in [0.5, 0.6) is 0 Å². The molecular weight excluding hydrogens is 307 g/mol. The van der Waals surface area contributed by atoms with Gasteiger partial charge in [-0.3, -0.25) is 4.57 Å². The molecule has 0 saturated heterocycles. The molecule has 0 saturated carbocycles. The van der Waals surface area contributed by atoms with Gasteiger partial charge in [-0.1, -0.05) is 41.0 Å². The molecule has 0 aromatic heterocycles. The average Bonchev–Trinajstić information content (AvgIpc) is 2.45. The number of rotatable bonds is 11. The van der Waals surface area contributed by atoms with Crippen molar-refractivity contribution in [2.24, 2.45) is 0 Å². The second-order valence-corrected chi connectivity index (χ2v) is 7.64. The van der Waals surface area contributed by atoms with Gasteiger partial charge in [0.05, 0.1) is 13.2 Å². The van der Waals surface area contributed by atoms with Crippen LogP contribution in [0.2, 0.25) is 0 Å². The third-order valence-electron chi connectivity index (χ3n) is 3.14. The van der Waals surface area contributed by atoms with Crippen molar-refractivity contribution in [1.82, 2.24) is 0 Å². The van der Waals surface area contributed by atoms with Crippen molar-refractivity contribution in [3.8, 4) is 0 Å². The summed E-state index contributed by atoms with van der Waals surface area (Å²) in [5, 5.41) is 0. The fourth-order valence-corrected chi connectivity index (χ4v) is 3.28. The first-order valence-corrected chi connectivity index (χ1v) is 9.98. The second-order valence-electron chi connectivity index (χ2n) is 5.75. The fraction of sp³-hybridized carbons (Fsp3) is 0.579. The lowest BCUT2D eigenvalue weighted by Crippen LogP contribution is -1.92. The molecule has 0 bridgehead atoms. The zero-order valence-corrected chi connectivity index (χ0v) is 16.5. The van der Waals surface area contributed by atoms with E-state index in [0.717, 1.165) is 24.8 Å². The number of allylic oxidation sites excluding steroid dienone is 7. The molecule has 0 aliphatic carbocycles. The fourth-order valence-electron chi connectivity index (χ4n) is 1.90. The molecular formula is C19H33O3P. The molecule has 0 unspecified atom stereocenters. The van der Waals surface area contributed by atoms with Crippen LogP contribution in [-0.4, -0.2) is 13.2 Å². The Kier molecular flexibility index (Phi) is 12.0. The van der Waals surface area contributed by atoms with Crippen LogP contribution in [-0.2, 0) is 13.6 Å². The lowest BCUT2D eigenvalue weighted by Gasteiger charge is -2.12. The highest BCUT2D eigenvalue weighted by Gasteiger charge is 2.18. The van der Waals surface area contributed by atoms with Gasteiger partial charge in [0.2, 0.25) is 0 Å². The molecule has 0 aromatic carbocycles. The van der Waals surface area contributed by atoms with E-state index in [1.165, 1.54) is 11.1 Å². The first-order valence-electron chi connectivity index (χ1n) is 8.36. The van der Waals surface area contributed by atoms with E-state index < -0.39 is 7.60 Å². The van der Waals surface area contributed by atoms with Gasteiger partial charge in [-0.25, -0.2) is 0 Å². The Morgan fingerprint density at radius 3 is 2.09 bits per heavy atom. The highest BCUT2D eigenvalue weighted by atomic mass is 31.2. The molecule has 0 fully saturated rings. The molecule has 0 aromatic rings. The quantitative estimate of drug-likeness (QED) is 0.236. The molecule has 23 heavy (non-hydrogen) atoms. The van der Waals surface area contributed by atoms with Crippen LogP contribution < -0.4 is 0 Å². The summed E-state index contributed by atoms with van der Waals surface area (Å²) in [5.74, 6) is 1.55. The Bertz CT molecular complexity index is 485. The minimum Gasteiger partial charge on any atom is -0.306 e. The third kappa shape index (κ3) is 12.2. The maximum absolute atomic E-state index is 12.3. The summed E-state index contributed by atoms with van der Waals surface area (Å²) in [6.07, 6.45) is 11.5. The van der Waals surface area contributed by atoms with Crippen LogP contribution in [0.3, 0.4) is 0 Å². The SMILES string of the molecule is CCOP(=O)(/C=C/C(C)=C/C/C=C(\C)CCC=C(C)C)OCC. The largest absolute Gasteiger partial charge is 0.354 e. The Morgan fingerprint density at radius 2 is 1.57 bits per heavy atom. The van der Waals surface area contributed by atoms with Gasteiger partial charge in [-0.05, 0) is 60.8 Å². The van der Waals surface area contributed by atoms with E-state index in [0.29, 0.717) is 13.2 Å². The third-order valence-corrected chi connectivity index (χ3v) is 4.89. The zero-order valence-electron chi connectivity index (χ0n) is 15.6. The lowest BCUT2D eigenvalue weighted by atomic mass is 10.1. The van der Waals surface area contributed by atoms with Crippen LogP contribution in [0, 0.1) is 0 Å². The first-order chi connectivity index (χ1) is 10.8. The molecule has 3 nitrogen and oxygen atoms in total. The summed E-state index contributed by atoms with van der Waals surface area (Å²) >= 11 is 0. The van der Waals surface area contributed by atoms with Gasteiger partial charge < -0.3 is 9.05 Å². The van der Waals surface area contributed by atoms with E-state index in [-0.39, 0.29) is 0 Å². The van der Waals surface area contributed by atoms with Gasteiger partial charge in [0.1, 0.15) is 0 Å². The van der Waals surface area contributed by atoms with Crippen LogP contribution in [0.15, 0.2) is 46.8 Å². The second kappa shape index (κ2) is 12.5. The number of hydrogen-bond acceptors (Lipinski definition) is 3. The molecule has 0 atom stereocenters. The van der Waals surface area contributed by atoms with Crippen molar-refractivity contribution >= 4 is 7.60 Å². The van der Waals surface area contributed by atoms with E-state index >= 15 is 0 Å². The molecule has 0 aliphatic rings. The Labute approximate surface area is 142 Å². The normalized spacial score (nSPS) is 13.7. The van der Waals surface area contributed by atoms with Crippen LogP contribution >= 0.6 is 7.60 Å². The Morgan fingerprint density at radius 1 is 0.957 bits per heavy atom. The van der Waals surface area contributed by atoms with Crippen LogP contribution in [0.4, 0.5) is 0 Å². The van der Waals surface area contributed by atoms with Crippen molar-refractivity contribution in [2.75, 3.05) is 13.2 Å². The summed E-state index contributed by atoms with van der Waals surface area (Å²) in [4.78, 5) is 0. The molecule has 0 amide bonds. The summed E-state index contributed by atoms with van der Waals surface area (Å²) in [6.45, 7) is 12.8. The van der Waals surface area contributed by atoms with Crippen molar-refractivity contribution in [1.29, 1.82) is 0 Å². The summed E-state index contributed by atoms with van der Waals surface area (Å²) in [7, 11) is -3.09. The first kappa shape index (κ1) is 22.1. The van der Waals surface area contributed by atoms with Gasteiger partial charge in [0, 0.05) is 5.82 Å². The lowest BCUT2D eigenvalue weighted by molar-refractivity contribution is 0.229. The van der Waals surface area contributed by atoms with Gasteiger partial charge >= 0.3 is 7.60 Å². The van der Waals surface area contributed by atoms with Gasteiger partial charge in [0.25, 0.3) is 0 Å². The van der Waals surface area contributed by atoms with Gasteiger partial charge in [-0.15, -0.1) is 0 Å². The van der Waals surface area contributed by atoms with Gasteiger partial charge in [-0.2, -0.15) is 0 Å². The standard InChI is InChI=1S/C19H33O3P/c1-7-21-23(20,22-8-2)16-15-19(6)14-10-13-18(5)12-9-11-17(3)4/h11,13-16H,7-10,12H2,1-6H3/b16-15+,18-13+,19-14+. The highest BCUT2D eigenvalue weighted by Crippen LogP contribution is 2.49. The minimum absolute atomic E-state index is 0.373. The zero-order chi connectivity index (χ0) is 17.7. The predicted molar refractivity (Wildman–Crippen MR) is 101 cm³/mol. The molecule has 0 spiro atoms. The van der Waals surface area contributed by atoms with E-state index in [4.69, 9.17) is 9.05 Å². The maximum atomic E-state index is 12.3. The van der Waals surface area contributed by atoms with Gasteiger partial charge in [0.15, 0.2) is 0 Å². The van der Waals surface area contributed by atoms with Crippen molar-refractivity contribution in [2.45, 2.75) is 60.8 Å². The smallest absolute Gasteiger partial charge is 0.306 e. The van der Waals surface area contributed by atoms with E-state index in [2.05, 4.69) is 39.0 Å². The molecule has 0 rings (SSSR count). The predicted octanol–water partition coefficient (Wildman–Crippen LogP) is 6.80. The van der Waals surface area contributed by atoms with E-state index in [9.17, 15) is 4.57 Å². The van der Waals surface area contributed by atoms with Crippen molar-refractivity contribution in [3.05, 3.63) is 46.8 Å². The van der Waals surface area contributed by atoms with Crippen LogP contribution in [0.25, 0.3) is 0 Å². The molecule has 0 heterocycles. The molecule has 0 N–H and O–H groups in total. The van der Waals surface area contributed by atoms with Crippen LogP contribution in [0.1, 0.15) is 60.8 Å². The maximum Gasteiger partial charge on any atom is 0.354 e. The summed E-state index contributed by atoms with van der Waals surface area (Å²) in [5.41, 5.74) is 3.81. The molecule has 0 radical (unpaired) electrons. The molecule has 132 valence electrons. The number of hydrogen-bond donors (Lipinski definition) is 0. The summed E-state index contributed by atoms with van der Waals surface area (Å²) in [6, 6.07) is 0. The van der Waals surface area contributed by atoms with E-state index in [1.54, 1.807) is 5.82 Å². The Balaban J connectivity index is 4.51. The monoisotopic (exact) mass is 340 g/mol. The molecule has 4 heteroatoms.